The van der Waals surface area contributed by atoms with E-state index >= 15 is 0 Å². The van der Waals surface area contributed by atoms with Crippen molar-refractivity contribution in [3.63, 3.8) is 0 Å². The Morgan fingerprint density at radius 1 is 1.47 bits per heavy atom. The molecular weight excluding hydrogens is 244 g/mol. The predicted molar refractivity (Wildman–Crippen MR) is 63.0 cm³/mol. The van der Waals surface area contributed by atoms with Crippen LogP contribution in [0.1, 0.15) is 12.5 Å². The Morgan fingerprint density at radius 3 is 2.59 bits per heavy atom. The van der Waals surface area contributed by atoms with Crippen LogP contribution in [0.3, 0.4) is 0 Å². The van der Waals surface area contributed by atoms with Gasteiger partial charge in [-0.15, -0.1) is 0 Å². The lowest BCUT2D eigenvalue weighted by Crippen LogP contribution is -2.38. The molecule has 0 fully saturated rings. The molecule has 17 heavy (non-hydrogen) atoms. The fourth-order valence-corrected chi connectivity index (χ4v) is 2.63. The first-order valence-corrected chi connectivity index (χ1v) is 6.33. The van der Waals surface area contributed by atoms with E-state index in [2.05, 4.69) is 0 Å². The van der Waals surface area contributed by atoms with Crippen LogP contribution in [0.5, 0.6) is 0 Å². The van der Waals surface area contributed by atoms with Gasteiger partial charge in [0, 0.05) is 0 Å². The third-order valence-corrected chi connectivity index (χ3v) is 3.76. The molecule has 7 heteroatoms. The molecular formula is C10H14N2O4S. The van der Waals surface area contributed by atoms with Gasteiger partial charge in [0.1, 0.15) is 10.9 Å². The number of nitrogens with two attached hydrogens (primary N) is 1. The summed E-state index contributed by atoms with van der Waals surface area (Å²) in [6.45, 7) is 2.96. The highest BCUT2D eigenvalue weighted by molar-refractivity contribution is 7.89. The van der Waals surface area contributed by atoms with E-state index in [0.29, 0.717) is 0 Å². The maximum atomic E-state index is 11.9. The number of carboxylic acids is 1. The largest absolute Gasteiger partial charge is 0.480 e. The minimum absolute atomic E-state index is 0.0840. The topological polar surface area (TPSA) is 109 Å². The lowest BCUT2D eigenvalue weighted by atomic mass is 10.2. The number of aryl methyl sites for hydroxylation is 1. The molecule has 0 saturated heterocycles. The molecule has 1 aromatic rings. The van der Waals surface area contributed by atoms with Gasteiger partial charge >= 0.3 is 5.97 Å². The minimum atomic E-state index is -3.91. The molecule has 0 aliphatic carbocycles. The number of nitrogen functional groups attached to an aromatic ring is 1. The number of rotatable bonds is 4. The molecule has 4 N–H and O–H groups in total. The average Bonchev–Trinajstić information content (AvgIpc) is 2.20. The van der Waals surface area contributed by atoms with Crippen LogP contribution < -0.4 is 10.5 Å². The van der Waals surface area contributed by atoms with Crippen LogP contribution in [0.25, 0.3) is 0 Å². The van der Waals surface area contributed by atoms with Crippen LogP contribution in [0.15, 0.2) is 23.1 Å². The Balaban J connectivity index is 3.13. The van der Waals surface area contributed by atoms with Gasteiger partial charge in [0.2, 0.25) is 10.0 Å². The summed E-state index contributed by atoms with van der Waals surface area (Å²) in [5, 5.41) is 8.66. The predicted octanol–water partition coefficient (Wildman–Crippen LogP) is 0.329. The van der Waals surface area contributed by atoms with E-state index in [0.717, 1.165) is 5.56 Å². The molecule has 0 aliphatic heterocycles. The van der Waals surface area contributed by atoms with Gasteiger partial charge < -0.3 is 10.8 Å². The number of hydrogen-bond acceptors (Lipinski definition) is 4. The molecule has 1 atom stereocenters. The molecule has 1 rings (SSSR count). The fourth-order valence-electron chi connectivity index (χ4n) is 1.22. The van der Waals surface area contributed by atoms with E-state index in [1.165, 1.54) is 19.1 Å². The number of carbonyl (C=O) groups is 1. The average molecular weight is 258 g/mol. The standard InChI is InChI=1S/C10H14N2O4S/c1-6-3-4-8(11)9(5-6)17(15,16)12-7(2)10(13)14/h3-5,7,12H,11H2,1-2H3,(H,13,14)/t7-/m0/s1. The SMILES string of the molecule is Cc1ccc(N)c(S(=O)(=O)N[C@@H](C)C(=O)O)c1. The number of benzene rings is 1. The van der Waals surface area contributed by atoms with Crippen molar-refractivity contribution in [2.45, 2.75) is 24.8 Å². The number of anilines is 1. The summed E-state index contributed by atoms with van der Waals surface area (Å²) in [5.41, 5.74) is 6.37. The molecule has 0 heterocycles. The molecule has 0 saturated carbocycles. The van der Waals surface area contributed by atoms with Crippen LogP contribution in [-0.2, 0) is 14.8 Å². The van der Waals surface area contributed by atoms with Gasteiger partial charge in [-0.05, 0) is 31.5 Å². The van der Waals surface area contributed by atoms with Crippen molar-refractivity contribution < 1.29 is 18.3 Å². The van der Waals surface area contributed by atoms with Crippen LogP contribution >= 0.6 is 0 Å². The van der Waals surface area contributed by atoms with E-state index in [-0.39, 0.29) is 10.6 Å². The lowest BCUT2D eigenvalue weighted by Gasteiger charge is -2.12. The second-order valence-corrected chi connectivity index (χ2v) is 5.40. The number of sulfonamides is 1. The van der Waals surface area contributed by atoms with Crippen molar-refractivity contribution >= 4 is 21.7 Å². The van der Waals surface area contributed by atoms with Gasteiger partial charge in [-0.25, -0.2) is 8.42 Å². The van der Waals surface area contributed by atoms with Gasteiger partial charge in [0.15, 0.2) is 0 Å². The van der Waals surface area contributed by atoms with Crippen molar-refractivity contribution in [1.82, 2.24) is 4.72 Å². The molecule has 0 bridgehead atoms. The normalized spacial score (nSPS) is 13.3. The van der Waals surface area contributed by atoms with Crippen LogP contribution in [-0.4, -0.2) is 25.5 Å². The Labute approximate surface area is 99.5 Å². The third-order valence-electron chi connectivity index (χ3n) is 2.16. The van der Waals surface area contributed by atoms with Crippen molar-refractivity contribution in [3.8, 4) is 0 Å². The highest BCUT2D eigenvalue weighted by Crippen LogP contribution is 2.19. The van der Waals surface area contributed by atoms with Crippen molar-refractivity contribution in [3.05, 3.63) is 23.8 Å². The molecule has 0 aliphatic rings. The number of nitrogens with one attached hydrogen (secondary N) is 1. The molecule has 0 aromatic heterocycles. The maximum Gasteiger partial charge on any atom is 0.321 e. The number of hydrogen-bond donors (Lipinski definition) is 3. The number of aliphatic carboxylic acids is 1. The zero-order valence-electron chi connectivity index (χ0n) is 9.47. The summed E-state index contributed by atoms with van der Waals surface area (Å²) < 4.78 is 25.8. The Bertz CT molecular complexity index is 539. The van der Waals surface area contributed by atoms with Crippen LogP contribution in [0.4, 0.5) is 5.69 Å². The first kappa shape index (κ1) is 13.5. The summed E-state index contributed by atoms with van der Waals surface area (Å²) in [6.07, 6.45) is 0. The first-order chi connectivity index (χ1) is 7.74. The quantitative estimate of drug-likeness (QED) is 0.674. The van der Waals surface area contributed by atoms with Crippen LogP contribution in [0.2, 0.25) is 0 Å². The van der Waals surface area contributed by atoms with Crippen molar-refractivity contribution in [2.75, 3.05) is 5.73 Å². The Kier molecular flexibility index (Phi) is 3.74. The third kappa shape index (κ3) is 3.18. The molecule has 0 spiro atoms. The fraction of sp³-hybridized carbons (Fsp3) is 0.300. The van der Waals surface area contributed by atoms with Gasteiger partial charge in [-0.2, -0.15) is 4.72 Å². The second-order valence-electron chi connectivity index (χ2n) is 3.72. The number of carboxylic acid groups (broad SMARTS) is 1. The van der Waals surface area contributed by atoms with Crippen LogP contribution in [0, 0.1) is 6.92 Å². The summed E-state index contributed by atoms with van der Waals surface area (Å²) >= 11 is 0. The van der Waals surface area contributed by atoms with Gasteiger partial charge in [-0.1, -0.05) is 6.07 Å². The van der Waals surface area contributed by atoms with Gasteiger partial charge in [0.25, 0.3) is 0 Å². The van der Waals surface area contributed by atoms with E-state index in [1.807, 2.05) is 4.72 Å². The smallest absolute Gasteiger partial charge is 0.321 e. The van der Waals surface area contributed by atoms with E-state index in [1.54, 1.807) is 13.0 Å². The molecule has 0 radical (unpaired) electrons. The second kappa shape index (κ2) is 4.72. The molecule has 94 valence electrons. The summed E-state index contributed by atoms with van der Waals surface area (Å²) in [6, 6.07) is 3.33. The minimum Gasteiger partial charge on any atom is -0.480 e. The summed E-state index contributed by atoms with van der Waals surface area (Å²) in [5.74, 6) is -1.25. The zero-order chi connectivity index (χ0) is 13.2. The molecule has 6 nitrogen and oxygen atoms in total. The van der Waals surface area contributed by atoms with Gasteiger partial charge in [0.05, 0.1) is 5.69 Å². The zero-order valence-corrected chi connectivity index (χ0v) is 10.3. The Hall–Kier alpha value is -1.60. The maximum absolute atomic E-state index is 11.9. The summed E-state index contributed by atoms with van der Waals surface area (Å²) in [4.78, 5) is 10.5. The van der Waals surface area contributed by atoms with E-state index < -0.39 is 22.0 Å². The first-order valence-electron chi connectivity index (χ1n) is 4.85. The highest BCUT2D eigenvalue weighted by atomic mass is 32.2. The van der Waals surface area contributed by atoms with Gasteiger partial charge in [-0.3, -0.25) is 4.79 Å². The lowest BCUT2D eigenvalue weighted by molar-refractivity contribution is -0.138. The monoisotopic (exact) mass is 258 g/mol. The van der Waals surface area contributed by atoms with E-state index in [9.17, 15) is 13.2 Å². The summed E-state index contributed by atoms with van der Waals surface area (Å²) in [7, 11) is -3.91. The van der Waals surface area contributed by atoms with E-state index in [4.69, 9.17) is 10.8 Å². The van der Waals surface area contributed by atoms with Crippen molar-refractivity contribution in [1.29, 1.82) is 0 Å². The molecule has 1 aromatic carbocycles. The Morgan fingerprint density at radius 2 is 2.06 bits per heavy atom. The molecule has 0 unspecified atom stereocenters. The molecule has 0 amide bonds. The van der Waals surface area contributed by atoms with Crippen molar-refractivity contribution in [2.24, 2.45) is 0 Å². The highest BCUT2D eigenvalue weighted by Gasteiger charge is 2.23.